The fourth-order valence-corrected chi connectivity index (χ4v) is 8.16. The summed E-state index contributed by atoms with van der Waals surface area (Å²) in [6.07, 6.45) is 5.54. The van der Waals surface area contributed by atoms with Gasteiger partial charge < -0.3 is 14.2 Å². The standard InChI is InChI=1S/C30H41IO5/c1-6-36-27(33)30(19-31)14-12-24-25-23(11-13-28(25,3)15-16-29(24,4)26(30)32)20(2)17-35-18-21-7-9-22(34-5)10-8-21/h7-10,20,24H,6,11-19H2,1-5H3/t20-,24-,28-,29-,30?/m1/s1. The zero-order valence-electron chi connectivity index (χ0n) is 22.5. The number of Topliss-reactive ketones (excluding diaryl/α,β-unsaturated/α-hetero) is 1. The summed E-state index contributed by atoms with van der Waals surface area (Å²) in [5.41, 5.74) is 2.78. The maximum Gasteiger partial charge on any atom is 0.320 e. The number of hydrogen-bond acceptors (Lipinski definition) is 5. The average Bonchev–Trinajstić information content (AvgIpc) is 3.23. The minimum absolute atomic E-state index is 0.114. The molecule has 0 amide bonds. The number of ether oxygens (including phenoxy) is 3. The molecule has 0 N–H and O–H groups in total. The first-order chi connectivity index (χ1) is 17.1. The van der Waals surface area contributed by atoms with Gasteiger partial charge in [0, 0.05) is 15.8 Å². The monoisotopic (exact) mass is 608 g/mol. The third-order valence-corrected chi connectivity index (χ3v) is 10.7. The third kappa shape index (κ3) is 4.65. The van der Waals surface area contributed by atoms with Crippen LogP contribution in [0.5, 0.6) is 5.75 Å². The highest BCUT2D eigenvalue weighted by Gasteiger charge is 2.63. The highest BCUT2D eigenvalue weighted by Crippen LogP contribution is 2.65. The molecule has 36 heavy (non-hydrogen) atoms. The van der Waals surface area contributed by atoms with E-state index in [2.05, 4.69) is 43.4 Å². The van der Waals surface area contributed by atoms with Crippen molar-refractivity contribution in [3.05, 3.63) is 41.0 Å². The Morgan fingerprint density at radius 2 is 1.86 bits per heavy atom. The second-order valence-electron chi connectivity index (χ2n) is 11.5. The largest absolute Gasteiger partial charge is 0.497 e. The van der Waals surface area contributed by atoms with Crippen LogP contribution in [0.25, 0.3) is 0 Å². The summed E-state index contributed by atoms with van der Waals surface area (Å²) >= 11 is 2.21. The minimum Gasteiger partial charge on any atom is -0.497 e. The number of esters is 1. The molecular weight excluding hydrogens is 567 g/mol. The lowest BCUT2D eigenvalue weighted by Gasteiger charge is -2.55. The average molecular weight is 609 g/mol. The Labute approximate surface area is 229 Å². The summed E-state index contributed by atoms with van der Waals surface area (Å²) in [6.45, 7) is 10.2. The van der Waals surface area contributed by atoms with Crippen LogP contribution < -0.4 is 4.74 Å². The Balaban J connectivity index is 1.55. The Kier molecular flexibility index (Phi) is 8.25. The molecule has 1 unspecified atom stereocenters. The van der Waals surface area contributed by atoms with E-state index in [0.717, 1.165) is 43.4 Å². The molecular formula is C30H41IO5. The number of allylic oxidation sites excluding steroid dienone is 1. The molecule has 0 heterocycles. The molecule has 5 nitrogen and oxygen atoms in total. The lowest BCUT2D eigenvalue weighted by Crippen LogP contribution is -2.58. The van der Waals surface area contributed by atoms with Gasteiger partial charge in [-0.15, -0.1) is 0 Å². The molecule has 0 saturated heterocycles. The molecule has 0 radical (unpaired) electrons. The van der Waals surface area contributed by atoms with Gasteiger partial charge in [0.05, 0.1) is 26.9 Å². The summed E-state index contributed by atoms with van der Waals surface area (Å²) in [6, 6.07) is 8.01. The molecule has 0 spiro atoms. The van der Waals surface area contributed by atoms with Gasteiger partial charge >= 0.3 is 5.97 Å². The first kappa shape index (κ1) is 27.6. The second kappa shape index (κ2) is 10.8. The van der Waals surface area contributed by atoms with Crippen molar-refractivity contribution >= 4 is 34.3 Å². The number of ketones is 1. The number of carbonyl (C=O) groups excluding carboxylic acids is 2. The normalized spacial score (nSPS) is 32.6. The molecule has 0 aliphatic heterocycles. The molecule has 2 fully saturated rings. The van der Waals surface area contributed by atoms with Crippen LogP contribution in [0.4, 0.5) is 0 Å². The van der Waals surface area contributed by atoms with Crippen LogP contribution >= 0.6 is 22.6 Å². The number of benzene rings is 1. The first-order valence-corrected chi connectivity index (χ1v) is 14.9. The van der Waals surface area contributed by atoms with Crippen molar-refractivity contribution in [3.63, 3.8) is 0 Å². The van der Waals surface area contributed by atoms with Crippen LogP contribution in [0.3, 0.4) is 0 Å². The van der Waals surface area contributed by atoms with E-state index in [9.17, 15) is 9.59 Å². The second-order valence-corrected chi connectivity index (χ2v) is 12.3. The number of hydrogen-bond donors (Lipinski definition) is 0. The smallest absolute Gasteiger partial charge is 0.320 e. The number of methoxy groups -OCH3 is 1. The van der Waals surface area contributed by atoms with E-state index >= 15 is 0 Å². The van der Waals surface area contributed by atoms with Crippen molar-refractivity contribution in [1.29, 1.82) is 0 Å². The Bertz CT molecular complexity index is 1020. The van der Waals surface area contributed by atoms with Gasteiger partial charge in [-0.25, -0.2) is 0 Å². The Hall–Kier alpha value is -1.41. The van der Waals surface area contributed by atoms with Gasteiger partial charge in [0.15, 0.2) is 5.78 Å². The van der Waals surface area contributed by atoms with Crippen molar-refractivity contribution < 1.29 is 23.8 Å². The molecule has 0 bridgehead atoms. The maximum atomic E-state index is 14.1. The maximum absolute atomic E-state index is 14.1. The zero-order valence-corrected chi connectivity index (χ0v) is 24.6. The van der Waals surface area contributed by atoms with E-state index in [1.807, 2.05) is 31.2 Å². The molecule has 3 aliphatic carbocycles. The molecule has 6 heteroatoms. The fraction of sp³-hybridized carbons (Fsp3) is 0.667. The number of alkyl halides is 1. The Morgan fingerprint density at radius 3 is 2.50 bits per heavy atom. The number of halogens is 1. The van der Waals surface area contributed by atoms with Crippen LogP contribution in [0.2, 0.25) is 0 Å². The topological polar surface area (TPSA) is 61.8 Å². The van der Waals surface area contributed by atoms with E-state index < -0.39 is 10.8 Å². The van der Waals surface area contributed by atoms with Gasteiger partial charge in [0.2, 0.25) is 0 Å². The van der Waals surface area contributed by atoms with E-state index in [1.54, 1.807) is 7.11 Å². The van der Waals surface area contributed by atoms with Gasteiger partial charge in [-0.05, 0) is 74.5 Å². The summed E-state index contributed by atoms with van der Waals surface area (Å²) in [5, 5.41) is 0. The molecule has 5 atom stereocenters. The molecule has 2 saturated carbocycles. The molecule has 1 aromatic rings. The SMILES string of the molecule is CCOC(=O)C1(CI)CC[C@@H]2C3=C([C@H](C)COCc4ccc(OC)cc4)CC[C@]3(C)CC[C@@]2(C)C1=O. The van der Waals surface area contributed by atoms with Crippen LogP contribution in [0.15, 0.2) is 35.4 Å². The number of carbonyl (C=O) groups is 2. The van der Waals surface area contributed by atoms with E-state index in [1.165, 1.54) is 11.1 Å². The molecule has 4 rings (SSSR count). The highest BCUT2D eigenvalue weighted by atomic mass is 127. The van der Waals surface area contributed by atoms with Crippen molar-refractivity contribution in [1.82, 2.24) is 0 Å². The van der Waals surface area contributed by atoms with Gasteiger partial charge in [0.25, 0.3) is 0 Å². The Morgan fingerprint density at radius 1 is 1.14 bits per heavy atom. The quantitative estimate of drug-likeness (QED) is 0.103. The van der Waals surface area contributed by atoms with Crippen LogP contribution in [0, 0.1) is 28.1 Å². The van der Waals surface area contributed by atoms with E-state index in [-0.39, 0.29) is 23.1 Å². The minimum atomic E-state index is -0.998. The predicted molar refractivity (Wildman–Crippen MR) is 149 cm³/mol. The molecule has 3 aliphatic rings. The van der Waals surface area contributed by atoms with E-state index in [4.69, 9.17) is 14.2 Å². The van der Waals surface area contributed by atoms with Gasteiger partial charge in [-0.3, -0.25) is 9.59 Å². The number of fused-ring (bicyclic) bond motifs is 3. The molecule has 198 valence electrons. The van der Waals surface area contributed by atoms with E-state index in [0.29, 0.717) is 36.6 Å². The lowest BCUT2D eigenvalue weighted by atomic mass is 9.48. The summed E-state index contributed by atoms with van der Waals surface area (Å²) < 4.78 is 17.3. The summed E-state index contributed by atoms with van der Waals surface area (Å²) in [7, 11) is 1.67. The lowest BCUT2D eigenvalue weighted by molar-refractivity contribution is -0.168. The van der Waals surface area contributed by atoms with Gasteiger partial charge in [-0.1, -0.05) is 66.6 Å². The van der Waals surface area contributed by atoms with Gasteiger partial charge in [0.1, 0.15) is 11.2 Å². The van der Waals surface area contributed by atoms with Gasteiger partial charge in [-0.2, -0.15) is 0 Å². The zero-order chi connectivity index (χ0) is 26.1. The summed E-state index contributed by atoms with van der Waals surface area (Å²) in [5.74, 6) is 1.15. The third-order valence-electron chi connectivity index (χ3n) is 9.35. The van der Waals surface area contributed by atoms with Crippen LogP contribution in [-0.4, -0.2) is 36.5 Å². The van der Waals surface area contributed by atoms with Crippen molar-refractivity contribution in [2.24, 2.45) is 28.1 Å². The highest BCUT2D eigenvalue weighted by molar-refractivity contribution is 14.1. The van der Waals surface area contributed by atoms with Crippen molar-refractivity contribution in [2.45, 2.75) is 72.8 Å². The summed E-state index contributed by atoms with van der Waals surface area (Å²) in [4.78, 5) is 27.2. The van der Waals surface area contributed by atoms with Crippen LogP contribution in [0.1, 0.15) is 71.8 Å². The van der Waals surface area contributed by atoms with Crippen LogP contribution in [-0.2, 0) is 25.7 Å². The number of rotatable bonds is 9. The van der Waals surface area contributed by atoms with Crippen molar-refractivity contribution in [3.8, 4) is 5.75 Å². The first-order valence-electron chi connectivity index (χ1n) is 13.4. The fourth-order valence-electron chi connectivity index (χ4n) is 7.12. The predicted octanol–water partition coefficient (Wildman–Crippen LogP) is 6.71. The molecule has 1 aromatic carbocycles. The molecule has 0 aromatic heterocycles. The van der Waals surface area contributed by atoms with Crippen molar-refractivity contribution in [2.75, 3.05) is 24.8 Å².